The van der Waals surface area contributed by atoms with Crippen LogP contribution in [0.5, 0.6) is 5.75 Å². The van der Waals surface area contributed by atoms with E-state index in [-0.39, 0.29) is 0 Å². The van der Waals surface area contributed by atoms with E-state index in [4.69, 9.17) is 4.74 Å². The van der Waals surface area contributed by atoms with E-state index < -0.39 is 6.10 Å². The van der Waals surface area contributed by atoms with Gasteiger partial charge in [-0.2, -0.15) is 0 Å². The third kappa shape index (κ3) is 2.97. The van der Waals surface area contributed by atoms with Crippen molar-refractivity contribution in [2.75, 3.05) is 13.6 Å². The van der Waals surface area contributed by atoms with E-state index in [2.05, 4.69) is 21.2 Å². The summed E-state index contributed by atoms with van der Waals surface area (Å²) >= 11 is 3.47. The summed E-state index contributed by atoms with van der Waals surface area (Å²) in [4.78, 5) is 0. The van der Waals surface area contributed by atoms with Gasteiger partial charge in [-0.1, -0.05) is 6.07 Å². The Kier molecular flexibility index (Phi) is 3.84. The summed E-state index contributed by atoms with van der Waals surface area (Å²) in [7, 11) is 1.82. The summed E-state index contributed by atoms with van der Waals surface area (Å²) in [6, 6.07) is 5.74. The first-order valence-electron chi connectivity index (χ1n) is 5.49. The zero-order valence-electron chi connectivity index (χ0n) is 9.24. The largest absolute Gasteiger partial charge is 0.489 e. The maximum atomic E-state index is 9.81. The Bertz CT molecular complexity index is 366. The molecule has 0 spiro atoms. The molecule has 1 saturated carbocycles. The van der Waals surface area contributed by atoms with E-state index in [1.807, 2.05) is 25.2 Å². The van der Waals surface area contributed by atoms with Gasteiger partial charge < -0.3 is 15.2 Å². The first-order valence-corrected chi connectivity index (χ1v) is 6.29. The second kappa shape index (κ2) is 5.17. The number of halogens is 1. The maximum absolute atomic E-state index is 9.81. The normalized spacial score (nSPS) is 17.2. The molecule has 0 heterocycles. The highest BCUT2D eigenvalue weighted by atomic mass is 79.9. The van der Waals surface area contributed by atoms with Crippen molar-refractivity contribution >= 4 is 15.9 Å². The molecular weight excluding hydrogens is 270 g/mol. The Morgan fingerprint density at radius 2 is 2.31 bits per heavy atom. The molecule has 88 valence electrons. The lowest BCUT2D eigenvalue weighted by molar-refractivity contribution is 0.177. The van der Waals surface area contributed by atoms with Crippen molar-refractivity contribution in [2.45, 2.75) is 25.0 Å². The molecule has 0 aliphatic heterocycles. The Morgan fingerprint density at radius 3 is 2.88 bits per heavy atom. The third-order valence-electron chi connectivity index (χ3n) is 2.56. The molecule has 4 heteroatoms. The number of likely N-dealkylation sites (N-methyl/N-ethyl adjacent to an activating group) is 1. The van der Waals surface area contributed by atoms with Gasteiger partial charge in [0.15, 0.2) is 0 Å². The highest BCUT2D eigenvalue weighted by Crippen LogP contribution is 2.33. The van der Waals surface area contributed by atoms with Crippen molar-refractivity contribution in [1.82, 2.24) is 5.32 Å². The smallest absolute Gasteiger partial charge is 0.133 e. The summed E-state index contributed by atoms with van der Waals surface area (Å²) in [5.41, 5.74) is 0.893. The molecule has 0 amide bonds. The molecule has 1 aromatic carbocycles. The van der Waals surface area contributed by atoms with Crippen molar-refractivity contribution < 1.29 is 9.84 Å². The van der Waals surface area contributed by atoms with E-state index in [9.17, 15) is 5.11 Å². The van der Waals surface area contributed by atoms with Gasteiger partial charge in [-0.15, -0.1) is 0 Å². The van der Waals surface area contributed by atoms with Gasteiger partial charge in [0.05, 0.1) is 16.7 Å². The molecule has 0 bridgehead atoms. The lowest BCUT2D eigenvalue weighted by atomic mass is 10.1. The zero-order chi connectivity index (χ0) is 11.5. The fourth-order valence-corrected chi connectivity index (χ4v) is 1.99. The van der Waals surface area contributed by atoms with Crippen LogP contribution in [0.4, 0.5) is 0 Å². The summed E-state index contributed by atoms with van der Waals surface area (Å²) in [5.74, 6) is 0.864. The van der Waals surface area contributed by atoms with Crippen LogP contribution in [0.25, 0.3) is 0 Å². The molecule has 1 atom stereocenters. The van der Waals surface area contributed by atoms with Crippen LogP contribution in [0, 0.1) is 0 Å². The Balaban J connectivity index is 2.08. The molecule has 2 N–H and O–H groups in total. The first kappa shape index (κ1) is 11.9. The molecule has 16 heavy (non-hydrogen) atoms. The van der Waals surface area contributed by atoms with Crippen molar-refractivity contribution in [1.29, 1.82) is 0 Å². The molecule has 1 unspecified atom stereocenters. The molecule has 1 aliphatic carbocycles. The van der Waals surface area contributed by atoms with Crippen LogP contribution in [-0.4, -0.2) is 24.8 Å². The van der Waals surface area contributed by atoms with Gasteiger partial charge in [-0.05, 0) is 53.5 Å². The Hall–Kier alpha value is -0.580. The average Bonchev–Trinajstić information content (AvgIpc) is 3.05. The molecule has 3 nitrogen and oxygen atoms in total. The number of hydrogen-bond acceptors (Lipinski definition) is 3. The molecule has 0 saturated heterocycles. The molecule has 0 aromatic heterocycles. The zero-order valence-corrected chi connectivity index (χ0v) is 10.8. The van der Waals surface area contributed by atoms with Gasteiger partial charge in [0.25, 0.3) is 0 Å². The van der Waals surface area contributed by atoms with Crippen molar-refractivity contribution in [3.05, 3.63) is 28.2 Å². The van der Waals surface area contributed by atoms with Crippen molar-refractivity contribution in [2.24, 2.45) is 0 Å². The number of hydrogen-bond donors (Lipinski definition) is 2. The SMILES string of the molecule is CNCC(O)c1ccc(OC2CC2)c(Br)c1. The fraction of sp³-hybridized carbons (Fsp3) is 0.500. The molecule has 1 fully saturated rings. The maximum Gasteiger partial charge on any atom is 0.133 e. The predicted molar refractivity (Wildman–Crippen MR) is 66.7 cm³/mol. The van der Waals surface area contributed by atoms with Crippen LogP contribution in [0.15, 0.2) is 22.7 Å². The Labute approximate surface area is 104 Å². The summed E-state index contributed by atoms with van der Waals surface area (Å²) < 4.78 is 6.62. The van der Waals surface area contributed by atoms with Crippen LogP contribution in [-0.2, 0) is 0 Å². The summed E-state index contributed by atoms with van der Waals surface area (Å²) in [6.45, 7) is 0.551. The number of ether oxygens (including phenoxy) is 1. The first-order chi connectivity index (χ1) is 7.70. The predicted octanol–water partition coefficient (Wildman–Crippen LogP) is 2.24. The van der Waals surface area contributed by atoms with Gasteiger partial charge in [0.2, 0.25) is 0 Å². The van der Waals surface area contributed by atoms with Gasteiger partial charge in [0.1, 0.15) is 5.75 Å². The van der Waals surface area contributed by atoms with Crippen molar-refractivity contribution in [3.8, 4) is 5.75 Å². The van der Waals surface area contributed by atoms with Gasteiger partial charge in [-0.3, -0.25) is 0 Å². The standard InChI is InChI=1S/C12H16BrNO2/c1-14-7-11(15)8-2-5-12(10(13)6-8)16-9-3-4-9/h2,5-6,9,11,14-15H,3-4,7H2,1H3. The van der Waals surface area contributed by atoms with E-state index in [0.717, 1.165) is 28.6 Å². The number of aliphatic hydroxyl groups excluding tert-OH is 1. The fourth-order valence-electron chi connectivity index (χ4n) is 1.50. The lowest BCUT2D eigenvalue weighted by Gasteiger charge is -2.13. The van der Waals surface area contributed by atoms with E-state index >= 15 is 0 Å². The van der Waals surface area contributed by atoms with Gasteiger partial charge in [0, 0.05) is 6.54 Å². The van der Waals surface area contributed by atoms with Crippen LogP contribution in [0.2, 0.25) is 0 Å². The third-order valence-corrected chi connectivity index (χ3v) is 3.18. The summed E-state index contributed by atoms with van der Waals surface area (Å²) in [5, 5.41) is 12.8. The number of benzene rings is 1. The second-order valence-corrected chi connectivity index (χ2v) is 4.93. The minimum absolute atomic E-state index is 0.393. The molecule has 1 aliphatic rings. The molecule has 0 radical (unpaired) electrons. The van der Waals surface area contributed by atoms with Crippen LogP contribution >= 0.6 is 15.9 Å². The molecule has 1 aromatic rings. The summed E-state index contributed by atoms with van der Waals surface area (Å²) in [6.07, 6.45) is 2.22. The van der Waals surface area contributed by atoms with E-state index in [1.165, 1.54) is 0 Å². The van der Waals surface area contributed by atoms with Crippen LogP contribution in [0.1, 0.15) is 24.5 Å². The average molecular weight is 286 g/mol. The monoisotopic (exact) mass is 285 g/mol. The number of rotatable bonds is 5. The van der Waals surface area contributed by atoms with Crippen LogP contribution < -0.4 is 10.1 Å². The lowest BCUT2D eigenvalue weighted by Crippen LogP contribution is -2.16. The van der Waals surface area contributed by atoms with E-state index in [0.29, 0.717) is 12.6 Å². The number of nitrogens with one attached hydrogen (secondary N) is 1. The van der Waals surface area contributed by atoms with Gasteiger partial charge in [-0.25, -0.2) is 0 Å². The Morgan fingerprint density at radius 1 is 1.56 bits per heavy atom. The second-order valence-electron chi connectivity index (χ2n) is 4.08. The van der Waals surface area contributed by atoms with E-state index in [1.54, 1.807) is 0 Å². The highest BCUT2D eigenvalue weighted by Gasteiger charge is 2.24. The van der Waals surface area contributed by atoms with Gasteiger partial charge >= 0.3 is 0 Å². The number of aliphatic hydroxyl groups is 1. The van der Waals surface area contributed by atoms with Crippen LogP contribution in [0.3, 0.4) is 0 Å². The van der Waals surface area contributed by atoms with Crippen molar-refractivity contribution in [3.63, 3.8) is 0 Å². The quantitative estimate of drug-likeness (QED) is 0.872. The minimum atomic E-state index is -0.476. The highest BCUT2D eigenvalue weighted by molar-refractivity contribution is 9.10. The molecule has 2 rings (SSSR count). The minimum Gasteiger partial charge on any atom is -0.489 e. The topological polar surface area (TPSA) is 41.5 Å². The molecular formula is C12H16BrNO2.